The number of nitrogens with one attached hydrogen (secondary N) is 1. The van der Waals surface area contributed by atoms with Gasteiger partial charge < -0.3 is 15.1 Å². The van der Waals surface area contributed by atoms with Crippen molar-refractivity contribution in [3.63, 3.8) is 0 Å². The molecule has 1 saturated heterocycles. The van der Waals surface area contributed by atoms with Crippen LogP contribution in [0.4, 0.5) is 0 Å². The van der Waals surface area contributed by atoms with Crippen molar-refractivity contribution in [1.29, 1.82) is 0 Å². The van der Waals surface area contributed by atoms with Gasteiger partial charge >= 0.3 is 0 Å². The van der Waals surface area contributed by atoms with Gasteiger partial charge in [-0.1, -0.05) is 27.7 Å². The summed E-state index contributed by atoms with van der Waals surface area (Å²) in [6.45, 7) is 16.8. The molecule has 2 atom stereocenters. The first-order chi connectivity index (χ1) is 9.97. The maximum Gasteiger partial charge on any atom is 0.225 e. The zero-order chi connectivity index (χ0) is 15.8. The summed E-state index contributed by atoms with van der Waals surface area (Å²) in [5.74, 6) is 1.13. The van der Waals surface area contributed by atoms with Crippen molar-refractivity contribution < 1.29 is 4.79 Å². The monoisotopic (exact) mass is 297 g/mol. The van der Waals surface area contributed by atoms with Crippen molar-refractivity contribution in [2.45, 2.75) is 53.5 Å². The number of amides is 1. The molecule has 124 valence electrons. The van der Waals surface area contributed by atoms with Gasteiger partial charge in [0.1, 0.15) is 0 Å². The van der Waals surface area contributed by atoms with Crippen molar-refractivity contribution in [3.05, 3.63) is 0 Å². The maximum absolute atomic E-state index is 12.8. The fraction of sp³-hybridized carbons (Fsp3) is 0.941. The molecule has 1 aliphatic heterocycles. The Morgan fingerprint density at radius 3 is 2.43 bits per heavy atom. The fourth-order valence-corrected chi connectivity index (χ4v) is 3.15. The molecule has 0 bridgehead atoms. The van der Waals surface area contributed by atoms with E-state index in [1.807, 2.05) is 0 Å². The molecule has 1 aliphatic rings. The van der Waals surface area contributed by atoms with E-state index in [1.165, 1.54) is 0 Å². The van der Waals surface area contributed by atoms with Crippen LogP contribution >= 0.6 is 0 Å². The topological polar surface area (TPSA) is 35.6 Å². The number of hydrogen-bond donors (Lipinski definition) is 1. The molecule has 1 rings (SSSR count). The van der Waals surface area contributed by atoms with Gasteiger partial charge in [0.15, 0.2) is 0 Å². The third-order valence-corrected chi connectivity index (χ3v) is 4.45. The molecule has 1 heterocycles. The largest absolute Gasteiger partial charge is 0.341 e. The lowest BCUT2D eigenvalue weighted by Crippen LogP contribution is -2.47. The number of carbonyl (C=O) groups is 1. The number of carbonyl (C=O) groups excluding carboxylic acids is 1. The van der Waals surface area contributed by atoms with E-state index in [-0.39, 0.29) is 5.92 Å². The van der Waals surface area contributed by atoms with Gasteiger partial charge in [-0.15, -0.1) is 0 Å². The van der Waals surface area contributed by atoms with Gasteiger partial charge in [-0.25, -0.2) is 0 Å². The van der Waals surface area contributed by atoms with E-state index in [1.54, 1.807) is 0 Å². The molecule has 21 heavy (non-hydrogen) atoms. The van der Waals surface area contributed by atoms with Crippen LogP contribution in [0.3, 0.4) is 0 Å². The molecular weight excluding hydrogens is 262 g/mol. The Labute approximate surface area is 131 Å². The molecule has 0 radical (unpaired) electrons. The number of likely N-dealkylation sites (N-methyl/N-ethyl adjacent to an activating group) is 1. The molecule has 2 unspecified atom stereocenters. The van der Waals surface area contributed by atoms with Gasteiger partial charge in [0.2, 0.25) is 5.91 Å². The Kier molecular flexibility index (Phi) is 8.27. The summed E-state index contributed by atoms with van der Waals surface area (Å²) in [4.78, 5) is 17.4. The van der Waals surface area contributed by atoms with Crippen LogP contribution in [0, 0.1) is 11.8 Å². The van der Waals surface area contributed by atoms with Crippen molar-refractivity contribution in [2.24, 2.45) is 11.8 Å². The fourth-order valence-electron chi connectivity index (χ4n) is 3.15. The lowest BCUT2D eigenvalue weighted by Gasteiger charge is -2.34. The smallest absolute Gasteiger partial charge is 0.225 e. The van der Waals surface area contributed by atoms with Gasteiger partial charge in [0.25, 0.3) is 0 Å². The minimum absolute atomic E-state index is 0.219. The first-order valence-corrected chi connectivity index (χ1v) is 8.72. The third kappa shape index (κ3) is 6.35. The van der Waals surface area contributed by atoms with Crippen LogP contribution in [0.2, 0.25) is 0 Å². The van der Waals surface area contributed by atoms with E-state index >= 15 is 0 Å². The van der Waals surface area contributed by atoms with Crippen molar-refractivity contribution >= 4 is 5.91 Å². The molecule has 1 fully saturated rings. The second kappa shape index (κ2) is 9.42. The molecule has 0 aromatic heterocycles. The quantitative estimate of drug-likeness (QED) is 0.746. The van der Waals surface area contributed by atoms with Gasteiger partial charge in [-0.05, 0) is 45.3 Å². The first-order valence-electron chi connectivity index (χ1n) is 8.72. The van der Waals surface area contributed by atoms with E-state index in [0.717, 1.165) is 52.1 Å². The summed E-state index contributed by atoms with van der Waals surface area (Å²) in [7, 11) is 0. The van der Waals surface area contributed by atoms with Crippen molar-refractivity contribution in [3.8, 4) is 0 Å². The Balaban J connectivity index is 2.60. The highest BCUT2D eigenvalue weighted by atomic mass is 16.2. The molecule has 0 saturated carbocycles. The van der Waals surface area contributed by atoms with Gasteiger partial charge in [-0.3, -0.25) is 4.79 Å². The molecule has 1 amide bonds. The van der Waals surface area contributed by atoms with Crippen LogP contribution in [0.25, 0.3) is 0 Å². The highest BCUT2D eigenvalue weighted by Gasteiger charge is 2.28. The standard InChI is InChI=1S/C17H35N3O/c1-6-19(7-2)10-11-20(13-14(3)4)17(21)16-8-9-18-15(5)12-16/h14-16,18H,6-13H2,1-5H3. The first kappa shape index (κ1) is 18.4. The van der Waals surface area contributed by atoms with E-state index < -0.39 is 0 Å². The molecule has 0 spiro atoms. The number of piperidine rings is 1. The summed E-state index contributed by atoms with van der Waals surface area (Å²) < 4.78 is 0. The van der Waals surface area contributed by atoms with Gasteiger partial charge in [0.05, 0.1) is 0 Å². The summed E-state index contributed by atoms with van der Waals surface area (Å²) in [6.07, 6.45) is 1.97. The summed E-state index contributed by atoms with van der Waals surface area (Å²) >= 11 is 0. The summed E-state index contributed by atoms with van der Waals surface area (Å²) in [5, 5.41) is 3.44. The van der Waals surface area contributed by atoms with Crippen LogP contribution < -0.4 is 5.32 Å². The second-order valence-electron chi connectivity index (χ2n) is 6.78. The lowest BCUT2D eigenvalue weighted by atomic mass is 9.91. The molecule has 0 aliphatic carbocycles. The Hall–Kier alpha value is -0.610. The van der Waals surface area contributed by atoms with Crippen molar-refractivity contribution in [1.82, 2.24) is 15.1 Å². The zero-order valence-electron chi connectivity index (χ0n) is 14.7. The van der Waals surface area contributed by atoms with Crippen LogP contribution in [0.5, 0.6) is 0 Å². The van der Waals surface area contributed by atoms with E-state index in [4.69, 9.17) is 0 Å². The Morgan fingerprint density at radius 2 is 1.90 bits per heavy atom. The lowest BCUT2D eigenvalue weighted by molar-refractivity contribution is -0.137. The highest BCUT2D eigenvalue weighted by molar-refractivity contribution is 5.79. The van der Waals surface area contributed by atoms with Crippen molar-refractivity contribution in [2.75, 3.05) is 39.3 Å². The van der Waals surface area contributed by atoms with Crippen LogP contribution in [-0.2, 0) is 4.79 Å². The zero-order valence-corrected chi connectivity index (χ0v) is 14.7. The predicted molar refractivity (Wildman–Crippen MR) is 89.4 cm³/mol. The van der Waals surface area contributed by atoms with E-state index in [9.17, 15) is 4.79 Å². The second-order valence-corrected chi connectivity index (χ2v) is 6.78. The summed E-state index contributed by atoms with van der Waals surface area (Å²) in [6, 6.07) is 0.469. The molecule has 1 N–H and O–H groups in total. The highest BCUT2D eigenvalue weighted by Crippen LogP contribution is 2.19. The van der Waals surface area contributed by atoms with Crippen LogP contribution in [0.1, 0.15) is 47.5 Å². The number of hydrogen-bond acceptors (Lipinski definition) is 3. The van der Waals surface area contributed by atoms with Gasteiger partial charge in [0, 0.05) is 31.6 Å². The minimum Gasteiger partial charge on any atom is -0.341 e. The number of nitrogens with zero attached hydrogens (tertiary/aromatic N) is 2. The molecule has 0 aromatic rings. The molecule has 4 heteroatoms. The molecular formula is C17H35N3O. The number of rotatable bonds is 8. The SMILES string of the molecule is CCN(CC)CCN(CC(C)C)C(=O)C1CCNC(C)C1. The maximum atomic E-state index is 12.8. The Bertz CT molecular complexity index is 302. The normalized spacial score (nSPS) is 22.8. The van der Waals surface area contributed by atoms with E-state index in [0.29, 0.717) is 17.9 Å². The average Bonchev–Trinajstić information content (AvgIpc) is 2.46. The molecule has 4 nitrogen and oxygen atoms in total. The third-order valence-electron chi connectivity index (χ3n) is 4.45. The Morgan fingerprint density at radius 1 is 1.24 bits per heavy atom. The predicted octanol–water partition coefficient (Wildman–Crippen LogP) is 2.20. The average molecular weight is 297 g/mol. The summed E-state index contributed by atoms with van der Waals surface area (Å²) in [5.41, 5.74) is 0. The molecule has 0 aromatic carbocycles. The van der Waals surface area contributed by atoms with E-state index in [2.05, 4.69) is 49.7 Å². The van der Waals surface area contributed by atoms with Crippen LogP contribution in [0.15, 0.2) is 0 Å². The minimum atomic E-state index is 0.219. The van der Waals surface area contributed by atoms with Crippen LogP contribution in [-0.4, -0.2) is 61.0 Å². The van der Waals surface area contributed by atoms with Gasteiger partial charge in [-0.2, -0.15) is 0 Å².